The first kappa shape index (κ1) is 14.0. The van der Waals surface area contributed by atoms with Crippen LogP contribution in [0.15, 0.2) is 48.5 Å². The van der Waals surface area contributed by atoms with E-state index in [2.05, 4.69) is 0 Å². The highest BCUT2D eigenvalue weighted by molar-refractivity contribution is 6.30. The van der Waals surface area contributed by atoms with Crippen molar-refractivity contribution in [1.82, 2.24) is 0 Å². The molecule has 0 bridgehead atoms. The lowest BCUT2D eigenvalue weighted by atomic mass is 9.78. The Kier molecular flexibility index (Phi) is 4.23. The van der Waals surface area contributed by atoms with Crippen molar-refractivity contribution in [1.29, 1.82) is 0 Å². The van der Waals surface area contributed by atoms with Gasteiger partial charge in [-0.05, 0) is 41.8 Å². The molecule has 2 aromatic rings. The number of rotatable bonds is 4. The minimum atomic E-state index is -0.446. The zero-order valence-corrected chi connectivity index (χ0v) is 11.5. The molecule has 2 aromatic carbocycles. The molecule has 2 rings (SSSR count). The van der Waals surface area contributed by atoms with Crippen LogP contribution in [0.5, 0.6) is 0 Å². The largest absolute Gasteiger partial charge is 0.395 e. The second-order valence-corrected chi connectivity index (χ2v) is 5.47. The predicted octanol–water partition coefficient (Wildman–Crippen LogP) is 3.97. The fourth-order valence-corrected chi connectivity index (χ4v) is 2.41. The normalized spacial score (nSPS) is 14.1. The summed E-state index contributed by atoms with van der Waals surface area (Å²) in [7, 11) is 0. The highest BCUT2D eigenvalue weighted by Crippen LogP contribution is 2.28. The van der Waals surface area contributed by atoms with E-state index in [0.717, 1.165) is 11.1 Å². The van der Waals surface area contributed by atoms with Crippen molar-refractivity contribution in [2.45, 2.75) is 18.8 Å². The number of aliphatic hydroxyl groups is 1. The van der Waals surface area contributed by atoms with Crippen LogP contribution < -0.4 is 0 Å². The van der Waals surface area contributed by atoms with Crippen molar-refractivity contribution in [3.63, 3.8) is 0 Å². The van der Waals surface area contributed by atoms with Gasteiger partial charge in [0.15, 0.2) is 0 Å². The molecule has 1 N–H and O–H groups in total. The highest BCUT2D eigenvalue weighted by atomic mass is 35.5. The minimum Gasteiger partial charge on any atom is -0.395 e. The molecule has 1 atom stereocenters. The second-order valence-electron chi connectivity index (χ2n) is 5.03. The van der Waals surface area contributed by atoms with E-state index >= 15 is 0 Å². The number of aliphatic hydroxyl groups excluding tert-OH is 1. The molecule has 0 saturated carbocycles. The summed E-state index contributed by atoms with van der Waals surface area (Å²) in [6.07, 6.45) is 0.649. The summed E-state index contributed by atoms with van der Waals surface area (Å²) < 4.78 is 13.0. The summed E-state index contributed by atoms with van der Waals surface area (Å²) in [5, 5.41) is 10.4. The number of hydrogen-bond acceptors (Lipinski definition) is 1. The Morgan fingerprint density at radius 1 is 1.16 bits per heavy atom. The first-order valence-electron chi connectivity index (χ1n) is 6.15. The highest BCUT2D eigenvalue weighted by Gasteiger charge is 2.26. The molecule has 0 aliphatic rings. The topological polar surface area (TPSA) is 20.2 Å². The Balaban J connectivity index is 2.29. The van der Waals surface area contributed by atoms with Crippen LogP contribution in [-0.4, -0.2) is 11.7 Å². The summed E-state index contributed by atoms with van der Waals surface area (Å²) >= 11 is 5.97. The third-order valence-electron chi connectivity index (χ3n) is 3.37. The number of hydrogen-bond donors (Lipinski definition) is 1. The van der Waals surface area contributed by atoms with Gasteiger partial charge in [-0.2, -0.15) is 0 Å². The molecule has 0 fully saturated rings. The SMILES string of the molecule is CC(CO)(Cc1cccc(Cl)c1)c1ccc(F)cc1. The van der Waals surface area contributed by atoms with Gasteiger partial charge in [0, 0.05) is 10.4 Å². The molecule has 0 aliphatic heterocycles. The summed E-state index contributed by atoms with van der Waals surface area (Å²) in [5.41, 5.74) is 1.52. The fourth-order valence-electron chi connectivity index (χ4n) is 2.20. The van der Waals surface area contributed by atoms with Crippen LogP contribution in [0, 0.1) is 5.82 Å². The molecule has 0 saturated heterocycles. The van der Waals surface area contributed by atoms with Gasteiger partial charge in [0.2, 0.25) is 0 Å². The van der Waals surface area contributed by atoms with Crippen molar-refractivity contribution in [2.24, 2.45) is 0 Å². The molecular weight excluding hydrogens is 263 g/mol. The van der Waals surface area contributed by atoms with E-state index in [1.54, 1.807) is 12.1 Å². The van der Waals surface area contributed by atoms with Crippen molar-refractivity contribution >= 4 is 11.6 Å². The molecule has 0 aromatic heterocycles. The van der Waals surface area contributed by atoms with Crippen LogP contribution in [0.25, 0.3) is 0 Å². The van der Waals surface area contributed by atoms with E-state index in [1.807, 2.05) is 31.2 Å². The molecule has 1 unspecified atom stereocenters. The minimum absolute atomic E-state index is 0.00878. The van der Waals surface area contributed by atoms with Crippen molar-refractivity contribution < 1.29 is 9.50 Å². The van der Waals surface area contributed by atoms with E-state index in [1.165, 1.54) is 12.1 Å². The third-order valence-corrected chi connectivity index (χ3v) is 3.61. The Hall–Kier alpha value is -1.38. The van der Waals surface area contributed by atoms with Crippen molar-refractivity contribution in [3.8, 4) is 0 Å². The van der Waals surface area contributed by atoms with Crippen LogP contribution in [0.4, 0.5) is 4.39 Å². The van der Waals surface area contributed by atoms with Crippen LogP contribution in [0.3, 0.4) is 0 Å². The van der Waals surface area contributed by atoms with E-state index < -0.39 is 5.41 Å². The number of benzene rings is 2. The van der Waals surface area contributed by atoms with Crippen LogP contribution in [0.2, 0.25) is 5.02 Å². The molecule has 0 amide bonds. The average Bonchev–Trinajstić information content (AvgIpc) is 2.39. The quantitative estimate of drug-likeness (QED) is 0.897. The van der Waals surface area contributed by atoms with Gasteiger partial charge >= 0.3 is 0 Å². The van der Waals surface area contributed by atoms with E-state index in [-0.39, 0.29) is 12.4 Å². The van der Waals surface area contributed by atoms with Crippen LogP contribution in [-0.2, 0) is 11.8 Å². The maximum absolute atomic E-state index is 13.0. The van der Waals surface area contributed by atoms with E-state index in [9.17, 15) is 9.50 Å². The van der Waals surface area contributed by atoms with Gasteiger partial charge in [-0.1, -0.05) is 42.8 Å². The Morgan fingerprint density at radius 2 is 1.84 bits per heavy atom. The summed E-state index contributed by atoms with van der Waals surface area (Å²) in [5.74, 6) is -0.271. The lowest BCUT2D eigenvalue weighted by Gasteiger charge is -2.28. The molecule has 0 spiro atoms. The van der Waals surface area contributed by atoms with Crippen molar-refractivity contribution in [3.05, 3.63) is 70.5 Å². The fraction of sp³-hybridized carbons (Fsp3) is 0.250. The molecule has 0 radical (unpaired) electrons. The lowest BCUT2D eigenvalue weighted by molar-refractivity contribution is 0.204. The van der Waals surface area contributed by atoms with Gasteiger partial charge in [0.05, 0.1) is 6.61 Å². The first-order valence-corrected chi connectivity index (χ1v) is 6.53. The number of halogens is 2. The summed E-state index contributed by atoms with van der Waals surface area (Å²) in [4.78, 5) is 0. The van der Waals surface area contributed by atoms with Gasteiger partial charge in [-0.15, -0.1) is 0 Å². The standard InChI is InChI=1S/C16H16ClFO/c1-16(11-19,13-5-7-15(18)8-6-13)10-12-3-2-4-14(17)9-12/h2-9,19H,10-11H2,1H3. The molecule has 3 heteroatoms. The average molecular weight is 279 g/mol. The molecular formula is C16H16ClFO. The van der Waals surface area contributed by atoms with Crippen molar-refractivity contribution in [2.75, 3.05) is 6.61 Å². The Morgan fingerprint density at radius 3 is 2.42 bits per heavy atom. The monoisotopic (exact) mass is 278 g/mol. The van der Waals surface area contributed by atoms with Gasteiger partial charge in [-0.3, -0.25) is 0 Å². The summed E-state index contributed by atoms with van der Waals surface area (Å²) in [6, 6.07) is 13.8. The predicted molar refractivity (Wildman–Crippen MR) is 76.0 cm³/mol. The molecule has 0 aliphatic carbocycles. The molecule has 0 heterocycles. The zero-order chi connectivity index (χ0) is 13.9. The van der Waals surface area contributed by atoms with Gasteiger partial charge < -0.3 is 5.11 Å². The van der Waals surface area contributed by atoms with Crippen LogP contribution in [0.1, 0.15) is 18.1 Å². The molecule has 19 heavy (non-hydrogen) atoms. The van der Waals surface area contributed by atoms with E-state index in [0.29, 0.717) is 11.4 Å². The third kappa shape index (κ3) is 3.34. The smallest absolute Gasteiger partial charge is 0.123 e. The molecule has 1 nitrogen and oxygen atoms in total. The molecule has 100 valence electrons. The van der Waals surface area contributed by atoms with Gasteiger partial charge in [-0.25, -0.2) is 4.39 Å². The second kappa shape index (κ2) is 5.72. The first-order chi connectivity index (χ1) is 9.03. The zero-order valence-electron chi connectivity index (χ0n) is 10.7. The van der Waals surface area contributed by atoms with Crippen LogP contribution >= 0.6 is 11.6 Å². The van der Waals surface area contributed by atoms with Gasteiger partial charge in [0.1, 0.15) is 5.82 Å². The van der Waals surface area contributed by atoms with E-state index in [4.69, 9.17) is 11.6 Å². The maximum atomic E-state index is 13.0. The maximum Gasteiger partial charge on any atom is 0.123 e. The Bertz CT molecular complexity index is 553. The summed E-state index contributed by atoms with van der Waals surface area (Å²) in [6.45, 7) is 1.95. The Labute approximate surface area is 117 Å². The lowest BCUT2D eigenvalue weighted by Crippen LogP contribution is -2.29. The van der Waals surface area contributed by atoms with Gasteiger partial charge in [0.25, 0.3) is 0 Å².